The van der Waals surface area contributed by atoms with Gasteiger partial charge in [0.1, 0.15) is 22.9 Å². The lowest BCUT2D eigenvalue weighted by atomic mass is 9.73. The second-order valence-corrected chi connectivity index (χ2v) is 6.45. The Morgan fingerprint density at radius 2 is 2.08 bits per heavy atom. The minimum absolute atomic E-state index is 0.115. The van der Waals surface area contributed by atoms with Gasteiger partial charge in [-0.2, -0.15) is 0 Å². The van der Waals surface area contributed by atoms with Gasteiger partial charge in [0.05, 0.1) is 6.10 Å². The maximum Gasteiger partial charge on any atom is 0.314 e. The Morgan fingerprint density at radius 3 is 2.72 bits per heavy atom. The molecule has 0 saturated carbocycles. The highest BCUT2D eigenvalue weighted by molar-refractivity contribution is 5.77. The van der Waals surface area contributed by atoms with Crippen molar-refractivity contribution in [2.24, 2.45) is 5.41 Å². The molecule has 6 nitrogen and oxygen atoms in total. The van der Waals surface area contributed by atoms with Crippen molar-refractivity contribution in [3.63, 3.8) is 0 Å². The molecular weight excluding hydrogens is 325 g/mol. The first-order valence-corrected chi connectivity index (χ1v) is 8.11. The number of benzene rings is 1. The first-order valence-electron chi connectivity index (χ1n) is 8.11. The summed E-state index contributed by atoms with van der Waals surface area (Å²) in [5.41, 5.74) is -0.710. The third-order valence-corrected chi connectivity index (χ3v) is 4.73. The van der Waals surface area contributed by atoms with Crippen LogP contribution < -0.4 is 4.90 Å². The lowest BCUT2D eigenvalue weighted by Crippen LogP contribution is -2.57. The quantitative estimate of drug-likeness (QED) is 0.879. The number of aryl methyl sites for hydroxylation is 1. The summed E-state index contributed by atoms with van der Waals surface area (Å²) >= 11 is 0. The van der Waals surface area contributed by atoms with Crippen LogP contribution in [0.3, 0.4) is 0 Å². The summed E-state index contributed by atoms with van der Waals surface area (Å²) in [4.78, 5) is 22.4. The number of carboxylic acids is 1. The summed E-state index contributed by atoms with van der Waals surface area (Å²) in [5.74, 6) is -0.206. The van der Waals surface area contributed by atoms with Crippen LogP contribution in [0.4, 0.5) is 10.2 Å². The SMILES string of the molecule is Cc1nccc(N2CC[C@H](O)[C@](Cc3ccc(F)cc3)(C(=O)O)C2)n1. The second-order valence-electron chi connectivity index (χ2n) is 6.45. The smallest absolute Gasteiger partial charge is 0.314 e. The standard InChI is InChI=1S/C18H20FN3O3/c1-12-20-8-6-16(21-12)22-9-7-15(23)18(11-22,17(24)25)10-13-2-4-14(19)5-3-13/h2-6,8,15,23H,7,9-11H2,1H3,(H,24,25)/t15-,18+/m0/s1. The first kappa shape index (κ1) is 17.3. The number of anilines is 1. The van der Waals surface area contributed by atoms with Crippen LogP contribution in [0.5, 0.6) is 0 Å². The molecule has 1 aromatic carbocycles. The van der Waals surface area contributed by atoms with Crippen molar-refractivity contribution in [1.82, 2.24) is 9.97 Å². The van der Waals surface area contributed by atoms with Crippen LogP contribution in [-0.2, 0) is 11.2 Å². The zero-order valence-electron chi connectivity index (χ0n) is 13.9. The topological polar surface area (TPSA) is 86.5 Å². The number of hydrogen-bond donors (Lipinski definition) is 2. The number of halogens is 1. The normalized spacial score (nSPS) is 23.5. The van der Waals surface area contributed by atoms with Crippen LogP contribution in [0.1, 0.15) is 17.8 Å². The van der Waals surface area contributed by atoms with E-state index in [2.05, 4.69) is 9.97 Å². The molecule has 0 bridgehead atoms. The maximum atomic E-state index is 13.1. The summed E-state index contributed by atoms with van der Waals surface area (Å²) < 4.78 is 13.1. The molecule has 2 N–H and O–H groups in total. The highest BCUT2D eigenvalue weighted by atomic mass is 19.1. The fourth-order valence-corrected chi connectivity index (χ4v) is 3.32. The monoisotopic (exact) mass is 345 g/mol. The number of carboxylic acid groups (broad SMARTS) is 1. The Morgan fingerprint density at radius 1 is 1.36 bits per heavy atom. The van der Waals surface area contributed by atoms with E-state index in [1.54, 1.807) is 31.3 Å². The zero-order chi connectivity index (χ0) is 18.0. The van der Waals surface area contributed by atoms with Crippen molar-refractivity contribution in [3.8, 4) is 0 Å². The molecule has 1 aliphatic rings. The second kappa shape index (κ2) is 6.76. The van der Waals surface area contributed by atoms with Gasteiger partial charge in [0.15, 0.2) is 0 Å². The number of aliphatic hydroxyl groups excluding tert-OH is 1. The van der Waals surface area contributed by atoms with Crippen LogP contribution in [-0.4, -0.2) is 45.3 Å². The van der Waals surface area contributed by atoms with Gasteiger partial charge in [-0.25, -0.2) is 14.4 Å². The van der Waals surface area contributed by atoms with Gasteiger partial charge in [-0.05, 0) is 43.5 Å². The summed E-state index contributed by atoms with van der Waals surface area (Å²) in [6.45, 7) is 2.40. The lowest BCUT2D eigenvalue weighted by Gasteiger charge is -2.44. The molecule has 2 atom stereocenters. The molecule has 25 heavy (non-hydrogen) atoms. The molecule has 2 heterocycles. The maximum absolute atomic E-state index is 13.1. The van der Waals surface area contributed by atoms with Gasteiger partial charge < -0.3 is 15.1 Å². The molecule has 1 aromatic heterocycles. The molecule has 7 heteroatoms. The fourth-order valence-electron chi connectivity index (χ4n) is 3.32. The number of aromatic nitrogens is 2. The van der Waals surface area contributed by atoms with Gasteiger partial charge in [0, 0.05) is 19.3 Å². The van der Waals surface area contributed by atoms with Gasteiger partial charge in [0.25, 0.3) is 0 Å². The van der Waals surface area contributed by atoms with Crippen LogP contribution in [0.2, 0.25) is 0 Å². The van der Waals surface area contributed by atoms with E-state index in [-0.39, 0.29) is 18.8 Å². The molecule has 1 saturated heterocycles. The highest BCUT2D eigenvalue weighted by Gasteiger charge is 2.49. The van der Waals surface area contributed by atoms with Crippen molar-refractivity contribution in [2.75, 3.05) is 18.0 Å². The third kappa shape index (κ3) is 3.46. The summed E-state index contributed by atoms with van der Waals surface area (Å²) in [5, 5.41) is 20.4. The Kier molecular flexibility index (Phi) is 4.67. The van der Waals surface area contributed by atoms with E-state index >= 15 is 0 Å². The van der Waals surface area contributed by atoms with Crippen LogP contribution >= 0.6 is 0 Å². The predicted molar refractivity (Wildman–Crippen MR) is 89.8 cm³/mol. The number of rotatable bonds is 4. The summed E-state index contributed by atoms with van der Waals surface area (Å²) in [7, 11) is 0. The number of aliphatic hydroxyl groups is 1. The molecule has 2 aromatic rings. The van der Waals surface area contributed by atoms with Gasteiger partial charge in [0.2, 0.25) is 0 Å². The lowest BCUT2D eigenvalue weighted by molar-refractivity contribution is -0.157. The number of carbonyl (C=O) groups is 1. The van der Waals surface area contributed by atoms with E-state index in [0.29, 0.717) is 30.2 Å². The Hall–Kier alpha value is -2.54. The fraction of sp³-hybridized carbons (Fsp3) is 0.389. The Balaban J connectivity index is 1.92. The minimum atomic E-state index is -1.38. The van der Waals surface area contributed by atoms with E-state index in [1.807, 2.05) is 4.90 Å². The van der Waals surface area contributed by atoms with Crippen LogP contribution in [0.25, 0.3) is 0 Å². The first-order chi connectivity index (χ1) is 11.9. The Labute approximate surface area is 145 Å². The van der Waals surface area contributed by atoms with Gasteiger partial charge in [-0.3, -0.25) is 4.79 Å². The number of piperidine rings is 1. The van der Waals surface area contributed by atoms with Crippen LogP contribution in [0, 0.1) is 18.2 Å². The Bertz CT molecular complexity index is 768. The molecule has 3 rings (SSSR count). The van der Waals surface area contributed by atoms with Crippen molar-refractivity contribution in [2.45, 2.75) is 25.9 Å². The van der Waals surface area contributed by atoms with Gasteiger partial charge in [-0.15, -0.1) is 0 Å². The average Bonchev–Trinajstić information content (AvgIpc) is 2.58. The van der Waals surface area contributed by atoms with Crippen molar-refractivity contribution >= 4 is 11.8 Å². The molecular formula is C18H20FN3O3. The average molecular weight is 345 g/mol. The largest absolute Gasteiger partial charge is 0.481 e. The molecule has 0 unspecified atom stereocenters. The number of nitrogens with zero attached hydrogens (tertiary/aromatic N) is 3. The molecule has 0 spiro atoms. The number of hydrogen-bond acceptors (Lipinski definition) is 5. The number of aliphatic carboxylic acids is 1. The molecule has 0 radical (unpaired) electrons. The van der Waals surface area contributed by atoms with E-state index in [0.717, 1.165) is 0 Å². The van der Waals surface area contributed by atoms with Gasteiger partial charge >= 0.3 is 5.97 Å². The van der Waals surface area contributed by atoms with E-state index in [9.17, 15) is 19.4 Å². The molecule has 0 aliphatic carbocycles. The molecule has 1 fully saturated rings. The van der Waals surface area contributed by atoms with E-state index in [1.165, 1.54) is 12.1 Å². The molecule has 1 aliphatic heterocycles. The minimum Gasteiger partial charge on any atom is -0.481 e. The predicted octanol–water partition coefficient (Wildman–Crippen LogP) is 1.81. The summed E-state index contributed by atoms with van der Waals surface area (Å²) in [6, 6.07) is 7.44. The highest BCUT2D eigenvalue weighted by Crippen LogP contribution is 2.36. The molecule has 0 amide bonds. The van der Waals surface area contributed by atoms with E-state index < -0.39 is 17.5 Å². The molecule has 132 valence electrons. The van der Waals surface area contributed by atoms with Crippen molar-refractivity contribution in [1.29, 1.82) is 0 Å². The van der Waals surface area contributed by atoms with Crippen molar-refractivity contribution < 1.29 is 19.4 Å². The van der Waals surface area contributed by atoms with Crippen LogP contribution in [0.15, 0.2) is 36.5 Å². The summed E-state index contributed by atoms with van der Waals surface area (Å²) in [6.07, 6.45) is 1.07. The van der Waals surface area contributed by atoms with Crippen molar-refractivity contribution in [3.05, 3.63) is 53.7 Å². The third-order valence-electron chi connectivity index (χ3n) is 4.73. The van der Waals surface area contributed by atoms with E-state index in [4.69, 9.17) is 0 Å². The zero-order valence-corrected chi connectivity index (χ0v) is 13.9. The van der Waals surface area contributed by atoms with Gasteiger partial charge in [-0.1, -0.05) is 12.1 Å².